The minimum atomic E-state index is -0.637. The number of ether oxygens (including phenoxy) is 1. The molecule has 25 heavy (non-hydrogen) atoms. The number of rotatable bonds is 1. The Morgan fingerprint density at radius 3 is 2.56 bits per heavy atom. The molecule has 0 bridgehead atoms. The topological polar surface area (TPSA) is 73.9 Å². The molecule has 0 atom stereocenters. The molecule has 7 nitrogen and oxygen atoms in total. The highest BCUT2D eigenvalue weighted by atomic mass is 19.1. The molecule has 0 saturated carbocycles. The molecule has 0 unspecified atom stereocenters. The smallest absolute Gasteiger partial charge is 0.410 e. The molecule has 2 aliphatic rings. The largest absolute Gasteiger partial charge is 0.444 e. The first-order valence-electron chi connectivity index (χ1n) is 8.31. The number of hydrogen-bond acceptors (Lipinski definition) is 4. The lowest BCUT2D eigenvalue weighted by molar-refractivity contribution is 0.0147. The summed E-state index contributed by atoms with van der Waals surface area (Å²) in [5.41, 5.74) is 2.39. The first-order chi connectivity index (χ1) is 11.7. The van der Waals surface area contributed by atoms with E-state index in [1.807, 2.05) is 20.8 Å². The fourth-order valence-electron chi connectivity index (χ4n) is 2.98. The van der Waals surface area contributed by atoms with Crippen molar-refractivity contribution >= 4 is 17.8 Å². The third-order valence-corrected chi connectivity index (χ3v) is 4.21. The number of carbonyl (C=O) groups excluding carboxylic acids is 2. The highest BCUT2D eigenvalue weighted by molar-refractivity contribution is 5.93. The minimum absolute atomic E-state index is 0.337. The number of nitrogens with one attached hydrogen (secondary N) is 2. The standard InChI is InChI=1S/C17H23FN4O3/c1-16(2,3)25-15(24)21-9-7-17(8-10-21)19-14(23)22(20-17)13-6-4-5-12(18)11-13/h4-6,11,20H,7-10H2,1-3H3,(H,19,23). The van der Waals surface area contributed by atoms with E-state index >= 15 is 0 Å². The van der Waals surface area contributed by atoms with Gasteiger partial charge < -0.3 is 15.0 Å². The summed E-state index contributed by atoms with van der Waals surface area (Å²) in [6.07, 6.45) is 0.710. The number of urea groups is 1. The molecule has 3 amide bonds. The third-order valence-electron chi connectivity index (χ3n) is 4.21. The van der Waals surface area contributed by atoms with Gasteiger partial charge in [-0.2, -0.15) is 0 Å². The van der Waals surface area contributed by atoms with Crippen molar-refractivity contribution in [1.82, 2.24) is 15.6 Å². The molecule has 1 spiro atoms. The quantitative estimate of drug-likeness (QED) is 0.816. The zero-order chi connectivity index (χ0) is 18.2. The summed E-state index contributed by atoms with van der Waals surface area (Å²) in [7, 11) is 0. The zero-order valence-corrected chi connectivity index (χ0v) is 14.6. The maximum atomic E-state index is 13.4. The van der Waals surface area contributed by atoms with Crippen molar-refractivity contribution < 1.29 is 18.7 Å². The van der Waals surface area contributed by atoms with Crippen molar-refractivity contribution in [3.8, 4) is 0 Å². The van der Waals surface area contributed by atoms with Gasteiger partial charge >= 0.3 is 12.1 Å². The summed E-state index contributed by atoms with van der Waals surface area (Å²) in [4.78, 5) is 26.1. The van der Waals surface area contributed by atoms with Gasteiger partial charge in [0, 0.05) is 25.9 Å². The maximum Gasteiger partial charge on any atom is 0.410 e. The SMILES string of the molecule is CC(C)(C)OC(=O)N1CCC2(CC1)NC(=O)N(c1cccc(F)c1)N2. The number of nitrogens with zero attached hydrogens (tertiary/aromatic N) is 2. The van der Waals surface area contributed by atoms with E-state index < -0.39 is 17.1 Å². The molecule has 2 N–H and O–H groups in total. The Kier molecular flexibility index (Phi) is 4.32. The fraction of sp³-hybridized carbons (Fsp3) is 0.529. The molecule has 2 saturated heterocycles. The van der Waals surface area contributed by atoms with Gasteiger partial charge in [0.2, 0.25) is 0 Å². The number of piperidine rings is 1. The number of halogens is 1. The van der Waals surface area contributed by atoms with Crippen LogP contribution in [-0.2, 0) is 4.74 Å². The van der Waals surface area contributed by atoms with Crippen molar-refractivity contribution in [2.75, 3.05) is 18.1 Å². The molecule has 136 valence electrons. The van der Waals surface area contributed by atoms with Crippen LogP contribution in [0.3, 0.4) is 0 Å². The normalized spacial score (nSPS) is 19.9. The van der Waals surface area contributed by atoms with Crippen LogP contribution in [0.5, 0.6) is 0 Å². The van der Waals surface area contributed by atoms with Crippen LogP contribution >= 0.6 is 0 Å². The molecule has 8 heteroatoms. The summed E-state index contributed by atoms with van der Waals surface area (Å²) in [5, 5.41) is 4.23. The van der Waals surface area contributed by atoms with Gasteiger partial charge in [0.1, 0.15) is 17.1 Å². The van der Waals surface area contributed by atoms with Gasteiger partial charge in [-0.1, -0.05) is 6.07 Å². The second-order valence-electron chi connectivity index (χ2n) is 7.41. The molecule has 0 aromatic heterocycles. The zero-order valence-electron chi connectivity index (χ0n) is 14.6. The number of carbonyl (C=O) groups is 2. The Labute approximate surface area is 146 Å². The summed E-state index contributed by atoms with van der Waals surface area (Å²) >= 11 is 0. The average molecular weight is 350 g/mol. The van der Waals surface area contributed by atoms with Gasteiger partial charge in [0.05, 0.1) is 5.69 Å². The third kappa shape index (κ3) is 3.84. The highest BCUT2D eigenvalue weighted by Crippen LogP contribution is 2.28. The van der Waals surface area contributed by atoms with Crippen LogP contribution < -0.4 is 15.8 Å². The van der Waals surface area contributed by atoms with E-state index in [0.29, 0.717) is 31.6 Å². The van der Waals surface area contributed by atoms with Gasteiger partial charge in [-0.15, -0.1) is 0 Å². The predicted molar refractivity (Wildman–Crippen MR) is 90.3 cm³/mol. The maximum absolute atomic E-state index is 13.4. The molecule has 0 aliphatic carbocycles. The van der Waals surface area contributed by atoms with E-state index in [9.17, 15) is 14.0 Å². The average Bonchev–Trinajstić information content (AvgIpc) is 2.82. The van der Waals surface area contributed by atoms with Crippen LogP contribution in [0.2, 0.25) is 0 Å². The molecule has 0 radical (unpaired) electrons. The van der Waals surface area contributed by atoms with Crippen LogP contribution in [0, 0.1) is 5.82 Å². The van der Waals surface area contributed by atoms with Gasteiger partial charge in [-0.05, 0) is 39.0 Å². The van der Waals surface area contributed by atoms with Gasteiger partial charge in [0.15, 0.2) is 0 Å². The van der Waals surface area contributed by atoms with Crippen LogP contribution in [0.15, 0.2) is 24.3 Å². The van der Waals surface area contributed by atoms with Crippen LogP contribution in [0.4, 0.5) is 19.7 Å². The summed E-state index contributed by atoms with van der Waals surface area (Å²) in [5.74, 6) is -0.409. The second kappa shape index (κ2) is 6.18. The molecule has 3 rings (SSSR count). The molecule has 2 fully saturated rings. The summed E-state index contributed by atoms with van der Waals surface area (Å²) in [6, 6.07) is 5.49. The van der Waals surface area contributed by atoms with E-state index in [0.717, 1.165) is 0 Å². The number of amides is 3. The van der Waals surface area contributed by atoms with Crippen molar-refractivity contribution in [3.63, 3.8) is 0 Å². The first kappa shape index (κ1) is 17.5. The van der Waals surface area contributed by atoms with Crippen molar-refractivity contribution in [1.29, 1.82) is 0 Å². The van der Waals surface area contributed by atoms with E-state index in [1.165, 1.54) is 17.1 Å². The van der Waals surface area contributed by atoms with E-state index in [2.05, 4.69) is 10.7 Å². The monoisotopic (exact) mass is 350 g/mol. The van der Waals surface area contributed by atoms with Crippen LogP contribution in [0.1, 0.15) is 33.6 Å². The molecule has 2 aliphatic heterocycles. The lowest BCUT2D eigenvalue weighted by atomic mass is 9.98. The summed E-state index contributed by atoms with van der Waals surface area (Å²) < 4.78 is 18.8. The van der Waals surface area contributed by atoms with E-state index in [-0.39, 0.29) is 12.1 Å². The first-order valence-corrected chi connectivity index (χ1v) is 8.31. The van der Waals surface area contributed by atoms with Crippen LogP contribution in [-0.4, -0.2) is 41.4 Å². The fourth-order valence-corrected chi connectivity index (χ4v) is 2.98. The van der Waals surface area contributed by atoms with Gasteiger partial charge in [0.25, 0.3) is 0 Å². The Hall–Kier alpha value is -2.35. The lowest BCUT2D eigenvalue weighted by Gasteiger charge is -2.39. The van der Waals surface area contributed by atoms with Gasteiger partial charge in [-0.25, -0.2) is 24.4 Å². The Balaban J connectivity index is 1.64. The number of benzene rings is 1. The number of hydrogen-bond donors (Lipinski definition) is 2. The predicted octanol–water partition coefficient (Wildman–Crippen LogP) is 2.59. The Bertz CT molecular complexity index is 681. The van der Waals surface area contributed by atoms with Crippen molar-refractivity contribution in [2.45, 2.75) is 44.9 Å². The van der Waals surface area contributed by atoms with Crippen molar-refractivity contribution in [3.05, 3.63) is 30.1 Å². The molecular formula is C17H23FN4O3. The molecule has 1 aromatic carbocycles. The van der Waals surface area contributed by atoms with Gasteiger partial charge in [-0.3, -0.25) is 0 Å². The van der Waals surface area contributed by atoms with Crippen LogP contribution in [0.25, 0.3) is 0 Å². The molecule has 2 heterocycles. The number of anilines is 1. The van der Waals surface area contributed by atoms with E-state index in [1.54, 1.807) is 17.0 Å². The Morgan fingerprint density at radius 2 is 1.96 bits per heavy atom. The molecular weight excluding hydrogens is 327 g/mol. The summed E-state index contributed by atoms with van der Waals surface area (Å²) in [6.45, 7) is 6.39. The van der Waals surface area contributed by atoms with E-state index in [4.69, 9.17) is 4.74 Å². The minimum Gasteiger partial charge on any atom is -0.444 e. The number of hydrazine groups is 1. The highest BCUT2D eigenvalue weighted by Gasteiger charge is 2.45. The van der Waals surface area contributed by atoms with Crippen molar-refractivity contribution in [2.24, 2.45) is 0 Å². The Morgan fingerprint density at radius 1 is 1.28 bits per heavy atom. The molecule has 1 aromatic rings. The number of likely N-dealkylation sites (tertiary alicyclic amines) is 1. The second-order valence-corrected chi connectivity index (χ2v) is 7.41. The lowest BCUT2D eigenvalue weighted by Crippen LogP contribution is -2.59.